The van der Waals surface area contributed by atoms with Crippen LogP contribution in [0, 0.1) is 11.7 Å². The van der Waals surface area contributed by atoms with Crippen molar-refractivity contribution in [1.82, 2.24) is 15.3 Å². The van der Waals surface area contributed by atoms with Gasteiger partial charge in [0.1, 0.15) is 11.6 Å². The van der Waals surface area contributed by atoms with Gasteiger partial charge in [-0.1, -0.05) is 94.2 Å². The molecule has 0 unspecified atom stereocenters. The van der Waals surface area contributed by atoms with Crippen LogP contribution in [0.1, 0.15) is 45.7 Å². The summed E-state index contributed by atoms with van der Waals surface area (Å²) >= 11 is 12.0. The average molecular weight is 599 g/mol. The molecule has 218 valence electrons. The smallest absolute Gasteiger partial charge is 0.239 e. The lowest BCUT2D eigenvalue weighted by atomic mass is 10.1. The molecular formula is C32H38Cl2FN5O. The van der Waals surface area contributed by atoms with Gasteiger partial charge in [0.2, 0.25) is 11.9 Å². The number of amides is 1. The number of benzene rings is 3. The van der Waals surface area contributed by atoms with Gasteiger partial charge in [0.25, 0.3) is 0 Å². The van der Waals surface area contributed by atoms with Gasteiger partial charge in [-0.25, -0.2) is 9.37 Å². The SMILES string of the molecule is CC.CC(C)C.O=C(CNc1nc(NCc2cccc(Cl)c2)cc(-c2ccccc2F)n1)NCc1ccc(Cl)cc1. The number of rotatable bonds is 9. The minimum atomic E-state index is -0.404. The third kappa shape index (κ3) is 12.6. The minimum Gasteiger partial charge on any atom is -0.366 e. The fourth-order valence-corrected chi connectivity index (χ4v) is 3.63. The molecular weight excluding hydrogens is 560 g/mol. The van der Waals surface area contributed by atoms with Gasteiger partial charge in [-0.3, -0.25) is 4.79 Å². The van der Waals surface area contributed by atoms with Crippen molar-refractivity contribution < 1.29 is 9.18 Å². The molecule has 0 atom stereocenters. The van der Waals surface area contributed by atoms with Gasteiger partial charge in [0.05, 0.1) is 12.2 Å². The highest BCUT2D eigenvalue weighted by molar-refractivity contribution is 6.30. The predicted molar refractivity (Wildman–Crippen MR) is 170 cm³/mol. The van der Waals surface area contributed by atoms with E-state index in [-0.39, 0.29) is 18.4 Å². The Labute approximate surface area is 252 Å². The lowest BCUT2D eigenvalue weighted by Crippen LogP contribution is -2.29. The lowest BCUT2D eigenvalue weighted by Gasteiger charge is -2.12. The van der Waals surface area contributed by atoms with Crippen molar-refractivity contribution in [3.05, 3.63) is 106 Å². The van der Waals surface area contributed by atoms with Gasteiger partial charge in [-0.2, -0.15) is 4.98 Å². The molecule has 0 radical (unpaired) electrons. The van der Waals surface area contributed by atoms with E-state index >= 15 is 0 Å². The second-order valence-corrected chi connectivity index (χ2v) is 10.3. The molecule has 0 bridgehead atoms. The van der Waals surface area contributed by atoms with Crippen molar-refractivity contribution in [1.29, 1.82) is 0 Å². The summed E-state index contributed by atoms with van der Waals surface area (Å²) in [7, 11) is 0. The maximum Gasteiger partial charge on any atom is 0.239 e. The number of carbonyl (C=O) groups is 1. The van der Waals surface area contributed by atoms with E-state index in [0.29, 0.717) is 40.2 Å². The van der Waals surface area contributed by atoms with Gasteiger partial charge in [-0.15, -0.1) is 0 Å². The molecule has 4 aromatic rings. The van der Waals surface area contributed by atoms with Crippen LogP contribution in [0.15, 0.2) is 78.9 Å². The zero-order chi connectivity index (χ0) is 30.2. The molecule has 4 rings (SSSR count). The summed E-state index contributed by atoms with van der Waals surface area (Å²) in [5, 5.41) is 10.2. The van der Waals surface area contributed by atoms with E-state index in [1.807, 2.05) is 44.2 Å². The quantitative estimate of drug-likeness (QED) is 0.180. The van der Waals surface area contributed by atoms with Crippen LogP contribution in [0.2, 0.25) is 10.0 Å². The van der Waals surface area contributed by atoms with E-state index in [9.17, 15) is 9.18 Å². The van der Waals surface area contributed by atoms with E-state index in [2.05, 4.69) is 46.7 Å². The number of nitrogens with zero attached hydrogens (tertiary/aromatic N) is 2. The number of anilines is 2. The summed E-state index contributed by atoms with van der Waals surface area (Å²) in [6.45, 7) is 11.3. The second-order valence-electron chi connectivity index (χ2n) is 9.41. The van der Waals surface area contributed by atoms with Gasteiger partial charge in [0, 0.05) is 34.8 Å². The number of carbonyl (C=O) groups excluding carboxylic acids is 1. The van der Waals surface area contributed by atoms with Crippen LogP contribution in [0.3, 0.4) is 0 Å². The molecule has 0 aliphatic rings. The van der Waals surface area contributed by atoms with Crippen LogP contribution in [-0.4, -0.2) is 22.4 Å². The van der Waals surface area contributed by atoms with Crippen LogP contribution in [0.4, 0.5) is 16.2 Å². The van der Waals surface area contributed by atoms with E-state index in [1.54, 1.807) is 42.5 Å². The number of nitrogens with one attached hydrogen (secondary N) is 3. The van der Waals surface area contributed by atoms with Crippen molar-refractivity contribution in [3.8, 4) is 11.3 Å². The van der Waals surface area contributed by atoms with Crippen molar-refractivity contribution in [2.24, 2.45) is 5.92 Å². The molecule has 0 fully saturated rings. The Kier molecular flexibility index (Phi) is 14.6. The summed E-state index contributed by atoms with van der Waals surface area (Å²) < 4.78 is 14.4. The van der Waals surface area contributed by atoms with E-state index < -0.39 is 5.82 Å². The fourth-order valence-electron chi connectivity index (χ4n) is 3.29. The molecule has 1 aromatic heterocycles. The minimum absolute atomic E-state index is 0.0535. The molecule has 0 saturated carbocycles. The van der Waals surface area contributed by atoms with Crippen molar-refractivity contribution in [2.75, 3.05) is 17.2 Å². The molecule has 1 heterocycles. The Morgan fingerprint density at radius 2 is 1.49 bits per heavy atom. The van der Waals surface area contributed by atoms with Gasteiger partial charge in [0.15, 0.2) is 0 Å². The summed E-state index contributed by atoms with van der Waals surface area (Å²) in [6.07, 6.45) is 0. The Balaban J connectivity index is 0.000000902. The zero-order valence-corrected chi connectivity index (χ0v) is 25.7. The molecule has 3 N–H and O–H groups in total. The van der Waals surface area contributed by atoms with Gasteiger partial charge < -0.3 is 16.0 Å². The normalized spacial score (nSPS) is 10.1. The second kappa shape index (κ2) is 17.9. The first-order valence-corrected chi connectivity index (χ1v) is 14.3. The van der Waals surface area contributed by atoms with Gasteiger partial charge in [-0.05, 0) is 53.4 Å². The van der Waals surface area contributed by atoms with Crippen LogP contribution in [0.5, 0.6) is 0 Å². The molecule has 0 aliphatic carbocycles. The molecule has 0 spiro atoms. The molecule has 41 heavy (non-hydrogen) atoms. The maximum atomic E-state index is 14.4. The summed E-state index contributed by atoms with van der Waals surface area (Å²) in [5.41, 5.74) is 2.60. The van der Waals surface area contributed by atoms with Crippen LogP contribution < -0.4 is 16.0 Å². The average Bonchev–Trinajstić information content (AvgIpc) is 2.96. The van der Waals surface area contributed by atoms with Crippen molar-refractivity contribution >= 4 is 40.9 Å². The van der Waals surface area contributed by atoms with E-state index in [0.717, 1.165) is 17.0 Å². The number of hydrogen-bond donors (Lipinski definition) is 3. The number of aromatic nitrogens is 2. The molecule has 6 nitrogen and oxygen atoms in total. The van der Waals surface area contributed by atoms with Crippen LogP contribution in [-0.2, 0) is 17.9 Å². The summed E-state index contributed by atoms with van der Waals surface area (Å²) in [4.78, 5) is 21.2. The monoisotopic (exact) mass is 597 g/mol. The maximum absolute atomic E-state index is 14.4. The highest BCUT2D eigenvalue weighted by atomic mass is 35.5. The van der Waals surface area contributed by atoms with E-state index in [4.69, 9.17) is 23.2 Å². The van der Waals surface area contributed by atoms with Crippen molar-refractivity contribution in [2.45, 2.75) is 47.7 Å². The molecule has 1 amide bonds. The topological polar surface area (TPSA) is 78.9 Å². The first kappa shape index (κ1) is 33.5. The summed E-state index contributed by atoms with van der Waals surface area (Å²) in [5.74, 6) is 0.857. The van der Waals surface area contributed by atoms with Crippen LogP contribution >= 0.6 is 23.2 Å². The number of hydrogen-bond acceptors (Lipinski definition) is 5. The van der Waals surface area contributed by atoms with Crippen molar-refractivity contribution in [3.63, 3.8) is 0 Å². The third-order valence-corrected chi connectivity index (χ3v) is 5.54. The third-order valence-electron chi connectivity index (χ3n) is 5.05. The standard InChI is InChI=1S/C26H22Cl2FN5O.C4H10.C2H6/c27-19-10-8-17(9-11-19)14-31-25(35)16-32-26-33-23(21-6-1-2-7-22(21)29)13-24(34-26)30-15-18-4-3-5-20(28)12-18;1-4(2)3;1-2/h1-13H,14-16H2,(H,31,35)(H2,30,32,33,34);4H,1-3H3;1-2H3. The Morgan fingerprint density at radius 3 is 2.15 bits per heavy atom. The Hall–Kier alpha value is -3.68. The zero-order valence-electron chi connectivity index (χ0n) is 24.1. The molecule has 0 aliphatic heterocycles. The number of halogens is 3. The highest BCUT2D eigenvalue weighted by Crippen LogP contribution is 2.24. The summed E-state index contributed by atoms with van der Waals surface area (Å²) in [6, 6.07) is 22.7. The largest absolute Gasteiger partial charge is 0.366 e. The molecule has 9 heteroatoms. The highest BCUT2D eigenvalue weighted by Gasteiger charge is 2.12. The first-order valence-electron chi connectivity index (χ1n) is 13.6. The predicted octanol–water partition coefficient (Wildman–Crippen LogP) is 8.62. The molecule has 0 saturated heterocycles. The first-order chi connectivity index (χ1) is 19.7. The Bertz CT molecular complexity index is 1360. The lowest BCUT2D eigenvalue weighted by molar-refractivity contribution is -0.119. The fraction of sp³-hybridized carbons (Fsp3) is 0.281. The van der Waals surface area contributed by atoms with Gasteiger partial charge >= 0.3 is 0 Å². The molecule has 3 aromatic carbocycles. The van der Waals surface area contributed by atoms with E-state index in [1.165, 1.54) is 6.07 Å². The Morgan fingerprint density at radius 1 is 0.805 bits per heavy atom. The van der Waals surface area contributed by atoms with Crippen LogP contribution in [0.25, 0.3) is 11.3 Å².